The highest BCUT2D eigenvalue weighted by molar-refractivity contribution is 6.20. The van der Waals surface area contributed by atoms with Gasteiger partial charge in [-0.3, -0.25) is 9.59 Å². The third-order valence-electron chi connectivity index (χ3n) is 1.73. The summed E-state index contributed by atoms with van der Waals surface area (Å²) in [5.74, 6) is -0.138. The Bertz CT molecular complexity index is 335. The highest BCUT2D eigenvalue weighted by Gasteiger charge is 2.06. The first-order valence-corrected chi connectivity index (χ1v) is 6.96. The molecule has 0 aromatic carbocycles. The van der Waals surface area contributed by atoms with Crippen LogP contribution in [-0.2, 0) is 19.1 Å². The van der Waals surface area contributed by atoms with Crippen molar-refractivity contribution in [1.29, 1.82) is 0 Å². The molecule has 0 N–H and O–H groups in total. The summed E-state index contributed by atoms with van der Waals surface area (Å²) in [5.41, 5.74) is 1.36. The van der Waals surface area contributed by atoms with Gasteiger partial charge >= 0.3 is 11.9 Å². The largest absolute Gasteiger partial charge is 0.462 e. The molecule has 0 heterocycles. The quantitative estimate of drug-likeness (QED) is 0.423. The first-order valence-electron chi connectivity index (χ1n) is 5.99. The smallest absolute Gasteiger partial charge is 0.304 e. The van der Waals surface area contributed by atoms with Crippen molar-refractivity contribution in [3.05, 3.63) is 23.8 Å². The van der Waals surface area contributed by atoms with Gasteiger partial charge in [0.25, 0.3) is 0 Å². The Morgan fingerprint density at radius 1 is 1.20 bits per heavy atom. The SMILES string of the molecule is C=C(C)CC(Cl)OC(C)=O.CC(=O)OCC=C(C)CCl. The van der Waals surface area contributed by atoms with Crippen LogP contribution in [0.3, 0.4) is 0 Å². The van der Waals surface area contributed by atoms with Gasteiger partial charge in [0, 0.05) is 26.1 Å². The number of allylic oxidation sites excluding steroid dienone is 1. The van der Waals surface area contributed by atoms with Crippen LogP contribution >= 0.6 is 23.2 Å². The second-order valence-corrected chi connectivity index (χ2v) is 4.92. The molecule has 0 spiro atoms. The first-order chi connectivity index (χ1) is 9.18. The third kappa shape index (κ3) is 19.3. The Balaban J connectivity index is 0. The Hall–Kier alpha value is -1.00. The number of hydrogen-bond acceptors (Lipinski definition) is 4. The zero-order chi connectivity index (χ0) is 16.1. The van der Waals surface area contributed by atoms with Gasteiger partial charge in [-0.2, -0.15) is 0 Å². The topological polar surface area (TPSA) is 52.6 Å². The van der Waals surface area contributed by atoms with Gasteiger partial charge in [0.05, 0.1) is 0 Å². The van der Waals surface area contributed by atoms with Gasteiger partial charge in [0.1, 0.15) is 6.61 Å². The van der Waals surface area contributed by atoms with Crippen LogP contribution in [0.5, 0.6) is 0 Å². The number of carbonyl (C=O) groups is 2. The summed E-state index contributed by atoms with van der Waals surface area (Å²) in [6.45, 7) is 10.4. The molecule has 0 aromatic rings. The highest BCUT2D eigenvalue weighted by Crippen LogP contribution is 2.09. The third-order valence-corrected chi connectivity index (χ3v) is 2.40. The summed E-state index contributed by atoms with van der Waals surface area (Å²) < 4.78 is 9.27. The molecule has 1 atom stereocenters. The molecule has 0 bridgehead atoms. The van der Waals surface area contributed by atoms with E-state index in [1.54, 1.807) is 6.08 Å². The van der Waals surface area contributed by atoms with Crippen LogP contribution in [0.15, 0.2) is 23.8 Å². The Labute approximate surface area is 130 Å². The minimum Gasteiger partial charge on any atom is -0.462 e. The van der Waals surface area contributed by atoms with Gasteiger partial charge in [0.2, 0.25) is 0 Å². The Morgan fingerprint density at radius 3 is 2.10 bits per heavy atom. The maximum Gasteiger partial charge on any atom is 0.304 e. The molecule has 0 saturated carbocycles. The van der Waals surface area contributed by atoms with Crippen molar-refractivity contribution in [3.63, 3.8) is 0 Å². The van der Waals surface area contributed by atoms with Crippen LogP contribution < -0.4 is 0 Å². The second kappa shape index (κ2) is 13.0. The number of carbonyl (C=O) groups excluding carboxylic acids is 2. The molecule has 0 fully saturated rings. The number of hydrogen-bond donors (Lipinski definition) is 0. The lowest BCUT2D eigenvalue weighted by molar-refractivity contribution is -0.142. The first kappa shape index (κ1) is 21.3. The zero-order valence-electron chi connectivity index (χ0n) is 12.4. The van der Waals surface area contributed by atoms with Crippen molar-refractivity contribution < 1.29 is 19.1 Å². The lowest BCUT2D eigenvalue weighted by Crippen LogP contribution is -2.09. The fourth-order valence-corrected chi connectivity index (χ4v) is 1.35. The maximum atomic E-state index is 10.3. The monoisotopic (exact) mass is 324 g/mol. The average Bonchev–Trinajstić information content (AvgIpc) is 2.26. The predicted octanol–water partition coefficient (Wildman–Crippen LogP) is 3.82. The van der Waals surface area contributed by atoms with Crippen LogP contribution in [0.2, 0.25) is 0 Å². The van der Waals surface area contributed by atoms with Crippen molar-refractivity contribution in [3.8, 4) is 0 Å². The van der Waals surface area contributed by atoms with E-state index in [1.165, 1.54) is 13.8 Å². The standard InChI is InChI=1S/2C7H11ClO2/c1-5(2)4-7(8)10-6(3)9;1-6(5-8)3-4-10-7(2)9/h7H,1,4H2,2-3H3;3H,4-5H2,1-2H3. The van der Waals surface area contributed by atoms with Gasteiger partial charge in [-0.05, 0) is 19.9 Å². The molecular weight excluding hydrogens is 303 g/mol. The molecule has 0 aromatic heterocycles. The summed E-state index contributed by atoms with van der Waals surface area (Å²) in [7, 11) is 0. The Morgan fingerprint density at radius 2 is 1.75 bits per heavy atom. The van der Waals surface area contributed by atoms with Crippen molar-refractivity contribution >= 4 is 35.1 Å². The lowest BCUT2D eigenvalue weighted by atomic mass is 10.3. The van der Waals surface area contributed by atoms with Crippen LogP contribution in [0.1, 0.15) is 34.1 Å². The number of alkyl halides is 2. The highest BCUT2D eigenvalue weighted by atomic mass is 35.5. The van der Waals surface area contributed by atoms with Gasteiger partial charge in [-0.15, -0.1) is 11.6 Å². The fraction of sp³-hybridized carbons (Fsp3) is 0.571. The Kier molecular flexibility index (Phi) is 13.9. The van der Waals surface area contributed by atoms with Crippen LogP contribution in [0.25, 0.3) is 0 Å². The second-order valence-electron chi connectivity index (χ2n) is 4.17. The number of rotatable bonds is 6. The van der Waals surface area contributed by atoms with Gasteiger partial charge in [0.15, 0.2) is 5.56 Å². The summed E-state index contributed by atoms with van der Waals surface area (Å²) >= 11 is 11.0. The number of esters is 2. The molecule has 1 unspecified atom stereocenters. The van der Waals surface area contributed by atoms with E-state index in [-0.39, 0.29) is 11.9 Å². The molecule has 0 aliphatic rings. The van der Waals surface area contributed by atoms with E-state index >= 15 is 0 Å². The zero-order valence-corrected chi connectivity index (χ0v) is 13.9. The maximum absolute atomic E-state index is 10.3. The molecule has 0 amide bonds. The fourth-order valence-electron chi connectivity index (χ4n) is 0.852. The minimum absolute atomic E-state index is 0.265. The molecule has 0 saturated heterocycles. The van der Waals surface area contributed by atoms with E-state index < -0.39 is 5.56 Å². The molecule has 4 nitrogen and oxygen atoms in total. The average molecular weight is 325 g/mol. The van der Waals surface area contributed by atoms with E-state index in [4.69, 9.17) is 23.2 Å². The van der Waals surface area contributed by atoms with Crippen LogP contribution in [0.4, 0.5) is 0 Å². The summed E-state index contributed by atoms with van der Waals surface area (Å²) in [6, 6.07) is 0. The van der Waals surface area contributed by atoms with Gasteiger partial charge in [-0.25, -0.2) is 0 Å². The molecule has 0 aliphatic heterocycles. The molecule has 0 radical (unpaired) electrons. The van der Waals surface area contributed by atoms with E-state index in [0.717, 1.165) is 11.1 Å². The van der Waals surface area contributed by atoms with Crippen molar-refractivity contribution in [1.82, 2.24) is 0 Å². The van der Waals surface area contributed by atoms with Gasteiger partial charge in [-0.1, -0.05) is 29.3 Å². The van der Waals surface area contributed by atoms with E-state index in [9.17, 15) is 9.59 Å². The van der Waals surface area contributed by atoms with Crippen molar-refractivity contribution in [2.75, 3.05) is 12.5 Å². The summed E-state index contributed by atoms with van der Waals surface area (Å²) in [4.78, 5) is 20.5. The van der Waals surface area contributed by atoms with Crippen molar-refractivity contribution in [2.45, 2.75) is 39.7 Å². The normalized spacial score (nSPS) is 11.8. The molecule has 116 valence electrons. The lowest BCUT2D eigenvalue weighted by Gasteiger charge is -2.07. The number of halogens is 2. The molecule has 0 aliphatic carbocycles. The van der Waals surface area contributed by atoms with Gasteiger partial charge < -0.3 is 9.47 Å². The summed E-state index contributed by atoms with van der Waals surface area (Å²) in [5, 5.41) is 0. The van der Waals surface area contributed by atoms with Crippen molar-refractivity contribution in [2.24, 2.45) is 0 Å². The minimum atomic E-state index is -0.560. The predicted molar refractivity (Wildman–Crippen MR) is 81.9 cm³/mol. The van der Waals surface area contributed by atoms with E-state index in [2.05, 4.69) is 16.1 Å². The molecule has 6 heteroatoms. The molecule has 0 rings (SSSR count). The molecule has 20 heavy (non-hydrogen) atoms. The summed E-state index contributed by atoms with van der Waals surface area (Å²) in [6.07, 6.45) is 2.30. The number of ether oxygens (including phenoxy) is 2. The van der Waals surface area contributed by atoms with E-state index in [1.807, 2.05) is 13.8 Å². The van der Waals surface area contributed by atoms with Crippen LogP contribution in [-0.4, -0.2) is 30.0 Å². The van der Waals surface area contributed by atoms with E-state index in [0.29, 0.717) is 18.9 Å². The van der Waals surface area contributed by atoms with Crippen LogP contribution in [0, 0.1) is 0 Å². The molecular formula is C14H22Cl2O4.